The molecule has 1 aliphatic heterocycles. The molecule has 7 heteroatoms. The molecule has 1 unspecified atom stereocenters. The number of benzene rings is 2. The molecule has 4 rings (SSSR count). The topological polar surface area (TPSA) is 93.3 Å². The standard InChI is InChI=1S/C19H17N3O4/c23-18(9-15-13-5-1-2-6-14(13)19(24)22-21-15)20-10-12-11-25-16-7-3-4-8-17(16)26-12/h1-8,12H,9-11H2,(H,20,23)(H,22,24). The molecule has 0 fully saturated rings. The Balaban J connectivity index is 1.40. The van der Waals surface area contributed by atoms with Crippen molar-refractivity contribution in [2.24, 2.45) is 0 Å². The van der Waals surface area contributed by atoms with Gasteiger partial charge in [0, 0.05) is 5.39 Å². The van der Waals surface area contributed by atoms with E-state index in [0.717, 1.165) is 0 Å². The maximum Gasteiger partial charge on any atom is 0.272 e. The van der Waals surface area contributed by atoms with Crippen LogP contribution in [0.15, 0.2) is 53.3 Å². The van der Waals surface area contributed by atoms with Crippen molar-refractivity contribution in [1.29, 1.82) is 0 Å². The van der Waals surface area contributed by atoms with Gasteiger partial charge in [-0.2, -0.15) is 5.10 Å². The summed E-state index contributed by atoms with van der Waals surface area (Å²) in [5.41, 5.74) is 0.264. The van der Waals surface area contributed by atoms with Gasteiger partial charge >= 0.3 is 0 Å². The molecule has 0 aliphatic carbocycles. The zero-order chi connectivity index (χ0) is 17.9. The Morgan fingerprint density at radius 3 is 2.69 bits per heavy atom. The number of rotatable bonds is 4. The van der Waals surface area contributed by atoms with Crippen LogP contribution >= 0.6 is 0 Å². The molecule has 0 radical (unpaired) electrons. The number of hydrogen-bond acceptors (Lipinski definition) is 5. The van der Waals surface area contributed by atoms with E-state index < -0.39 is 0 Å². The molecule has 0 saturated carbocycles. The molecule has 1 amide bonds. The summed E-state index contributed by atoms with van der Waals surface area (Å²) in [6.45, 7) is 0.700. The highest BCUT2D eigenvalue weighted by atomic mass is 16.6. The zero-order valence-corrected chi connectivity index (χ0v) is 13.9. The zero-order valence-electron chi connectivity index (χ0n) is 13.9. The molecule has 2 heterocycles. The summed E-state index contributed by atoms with van der Waals surface area (Å²) in [7, 11) is 0. The number of aromatic amines is 1. The van der Waals surface area contributed by atoms with E-state index in [1.165, 1.54) is 0 Å². The van der Waals surface area contributed by atoms with Crippen molar-refractivity contribution in [2.45, 2.75) is 12.5 Å². The Bertz CT molecular complexity index is 1010. The van der Waals surface area contributed by atoms with Crippen molar-refractivity contribution < 1.29 is 14.3 Å². The molecule has 7 nitrogen and oxygen atoms in total. The normalized spacial score (nSPS) is 15.6. The van der Waals surface area contributed by atoms with Crippen LogP contribution in [0.1, 0.15) is 5.69 Å². The minimum absolute atomic E-state index is 0.0709. The van der Waals surface area contributed by atoms with Gasteiger partial charge in [0.2, 0.25) is 5.91 Å². The number of nitrogens with one attached hydrogen (secondary N) is 2. The summed E-state index contributed by atoms with van der Waals surface area (Å²) in [5, 5.41) is 10.5. The average Bonchev–Trinajstić information content (AvgIpc) is 2.68. The fourth-order valence-corrected chi connectivity index (χ4v) is 2.91. The lowest BCUT2D eigenvalue weighted by Crippen LogP contribution is -2.41. The second-order valence-electron chi connectivity index (χ2n) is 6.02. The number of hydrogen-bond donors (Lipinski definition) is 2. The first-order valence-electron chi connectivity index (χ1n) is 8.32. The molecule has 0 spiro atoms. The van der Waals surface area contributed by atoms with Gasteiger partial charge in [-0.3, -0.25) is 9.59 Å². The highest BCUT2D eigenvalue weighted by molar-refractivity contribution is 5.88. The van der Waals surface area contributed by atoms with Crippen LogP contribution in [-0.2, 0) is 11.2 Å². The monoisotopic (exact) mass is 351 g/mol. The highest BCUT2D eigenvalue weighted by Gasteiger charge is 2.21. The van der Waals surface area contributed by atoms with Gasteiger partial charge in [0.05, 0.1) is 24.0 Å². The van der Waals surface area contributed by atoms with E-state index in [1.54, 1.807) is 18.2 Å². The molecular weight excluding hydrogens is 334 g/mol. The minimum atomic E-state index is -0.267. The van der Waals surface area contributed by atoms with Gasteiger partial charge < -0.3 is 14.8 Å². The van der Waals surface area contributed by atoms with Crippen LogP contribution in [-0.4, -0.2) is 35.4 Å². The van der Waals surface area contributed by atoms with Crippen LogP contribution in [0.4, 0.5) is 0 Å². The minimum Gasteiger partial charge on any atom is -0.486 e. The van der Waals surface area contributed by atoms with Crippen molar-refractivity contribution in [3.63, 3.8) is 0 Å². The summed E-state index contributed by atoms with van der Waals surface area (Å²) in [6.07, 6.45) is -0.185. The van der Waals surface area contributed by atoms with E-state index in [4.69, 9.17) is 9.47 Å². The third-order valence-electron chi connectivity index (χ3n) is 4.20. The van der Waals surface area contributed by atoms with Gasteiger partial charge in [0.1, 0.15) is 12.7 Å². The summed E-state index contributed by atoms with van der Waals surface area (Å²) in [5.74, 6) is 1.18. The number of nitrogens with zero attached hydrogens (tertiary/aromatic N) is 1. The fraction of sp³-hybridized carbons (Fsp3) is 0.211. The molecular formula is C19H17N3O4. The number of para-hydroxylation sites is 2. The van der Waals surface area contributed by atoms with Crippen LogP contribution in [0.3, 0.4) is 0 Å². The van der Waals surface area contributed by atoms with Gasteiger partial charge in [0.25, 0.3) is 5.56 Å². The van der Waals surface area contributed by atoms with Gasteiger partial charge in [-0.25, -0.2) is 5.10 Å². The number of fused-ring (bicyclic) bond motifs is 2. The van der Waals surface area contributed by atoms with Crippen molar-refractivity contribution in [1.82, 2.24) is 15.5 Å². The largest absolute Gasteiger partial charge is 0.486 e. The third kappa shape index (κ3) is 3.23. The van der Waals surface area contributed by atoms with Crippen LogP contribution in [0, 0.1) is 0 Å². The van der Waals surface area contributed by atoms with E-state index in [-0.39, 0.29) is 24.0 Å². The predicted molar refractivity (Wildman–Crippen MR) is 95.4 cm³/mol. The maximum atomic E-state index is 12.3. The summed E-state index contributed by atoms with van der Waals surface area (Å²) >= 11 is 0. The van der Waals surface area contributed by atoms with Gasteiger partial charge in [-0.15, -0.1) is 0 Å². The van der Waals surface area contributed by atoms with E-state index >= 15 is 0 Å². The van der Waals surface area contributed by atoms with Crippen LogP contribution < -0.4 is 20.3 Å². The quantitative estimate of drug-likeness (QED) is 0.742. The van der Waals surface area contributed by atoms with E-state index in [2.05, 4.69) is 15.5 Å². The fourth-order valence-electron chi connectivity index (χ4n) is 2.91. The summed E-state index contributed by atoms with van der Waals surface area (Å²) < 4.78 is 11.4. The molecule has 0 saturated heterocycles. The molecule has 132 valence electrons. The summed E-state index contributed by atoms with van der Waals surface area (Å²) in [6, 6.07) is 14.5. The third-order valence-corrected chi connectivity index (χ3v) is 4.20. The Labute approximate surface area is 148 Å². The maximum absolute atomic E-state index is 12.3. The van der Waals surface area contributed by atoms with E-state index in [0.29, 0.717) is 41.1 Å². The van der Waals surface area contributed by atoms with Crippen molar-refractivity contribution in [3.05, 3.63) is 64.6 Å². The number of ether oxygens (including phenoxy) is 2. The molecule has 1 aliphatic rings. The number of aromatic nitrogens is 2. The molecule has 1 aromatic heterocycles. The van der Waals surface area contributed by atoms with Crippen LogP contribution in [0.2, 0.25) is 0 Å². The Morgan fingerprint density at radius 2 is 1.85 bits per heavy atom. The van der Waals surface area contributed by atoms with Crippen molar-refractivity contribution in [2.75, 3.05) is 13.2 Å². The Hall–Kier alpha value is -3.35. The number of amides is 1. The lowest BCUT2D eigenvalue weighted by atomic mass is 10.1. The Morgan fingerprint density at radius 1 is 1.12 bits per heavy atom. The first-order valence-corrected chi connectivity index (χ1v) is 8.32. The average molecular weight is 351 g/mol. The van der Waals surface area contributed by atoms with Crippen molar-refractivity contribution in [3.8, 4) is 11.5 Å². The lowest BCUT2D eigenvalue weighted by Gasteiger charge is -2.26. The van der Waals surface area contributed by atoms with Crippen molar-refractivity contribution >= 4 is 16.7 Å². The highest BCUT2D eigenvalue weighted by Crippen LogP contribution is 2.30. The van der Waals surface area contributed by atoms with E-state index in [9.17, 15) is 9.59 Å². The molecule has 3 aromatic rings. The molecule has 2 N–H and O–H groups in total. The molecule has 0 bridgehead atoms. The second kappa shape index (κ2) is 6.87. The second-order valence-corrected chi connectivity index (χ2v) is 6.02. The summed E-state index contributed by atoms with van der Waals surface area (Å²) in [4.78, 5) is 24.1. The molecule has 1 atom stereocenters. The smallest absolute Gasteiger partial charge is 0.272 e. The number of carbonyl (C=O) groups excluding carboxylic acids is 1. The van der Waals surface area contributed by atoms with E-state index in [1.807, 2.05) is 30.3 Å². The van der Waals surface area contributed by atoms with Gasteiger partial charge in [-0.1, -0.05) is 30.3 Å². The molecule has 26 heavy (non-hydrogen) atoms. The SMILES string of the molecule is O=C(Cc1n[nH]c(=O)c2ccccc12)NCC1COc2ccccc2O1. The van der Waals surface area contributed by atoms with Gasteiger partial charge in [-0.05, 0) is 18.2 Å². The van der Waals surface area contributed by atoms with Crippen LogP contribution in [0.5, 0.6) is 11.5 Å². The Kier molecular flexibility index (Phi) is 4.27. The number of carbonyl (C=O) groups is 1. The lowest BCUT2D eigenvalue weighted by molar-refractivity contribution is -0.121. The number of H-pyrrole nitrogens is 1. The first kappa shape index (κ1) is 16.1. The van der Waals surface area contributed by atoms with Crippen LogP contribution in [0.25, 0.3) is 10.8 Å². The first-order chi connectivity index (χ1) is 12.7. The van der Waals surface area contributed by atoms with Gasteiger partial charge in [0.15, 0.2) is 11.5 Å². The predicted octanol–water partition coefficient (Wildman–Crippen LogP) is 1.42. The molecule has 2 aromatic carbocycles.